The number of hydrogen-bond acceptors (Lipinski definition) is 3. The summed E-state index contributed by atoms with van der Waals surface area (Å²) in [6, 6.07) is 7.66. The van der Waals surface area contributed by atoms with E-state index in [0.29, 0.717) is 24.5 Å². The molecule has 4 rings (SSSR count). The summed E-state index contributed by atoms with van der Waals surface area (Å²) in [5.74, 6) is 0.558. The predicted molar refractivity (Wildman–Crippen MR) is 102 cm³/mol. The molecule has 0 saturated heterocycles. The van der Waals surface area contributed by atoms with E-state index in [2.05, 4.69) is 5.32 Å². The molecule has 3 heterocycles. The van der Waals surface area contributed by atoms with Gasteiger partial charge in [0.2, 0.25) is 5.91 Å². The van der Waals surface area contributed by atoms with Gasteiger partial charge in [0.05, 0.1) is 18.5 Å². The second kappa shape index (κ2) is 6.91. The van der Waals surface area contributed by atoms with Gasteiger partial charge in [0.25, 0.3) is 5.91 Å². The molecule has 2 aliphatic rings. The molecule has 1 aliphatic carbocycles. The first-order chi connectivity index (χ1) is 13.0. The van der Waals surface area contributed by atoms with Crippen LogP contribution in [-0.2, 0) is 11.3 Å². The molecule has 0 radical (unpaired) electrons. The van der Waals surface area contributed by atoms with Crippen molar-refractivity contribution < 1.29 is 14.0 Å². The van der Waals surface area contributed by atoms with Crippen LogP contribution in [0.15, 0.2) is 34.9 Å². The molecule has 1 N–H and O–H groups in total. The minimum atomic E-state index is -0.914. The lowest BCUT2D eigenvalue weighted by Gasteiger charge is -2.44. The number of aromatic nitrogens is 1. The highest BCUT2D eigenvalue weighted by atomic mass is 16.3. The van der Waals surface area contributed by atoms with Crippen LogP contribution in [0.4, 0.5) is 0 Å². The van der Waals surface area contributed by atoms with E-state index in [1.165, 1.54) is 0 Å². The van der Waals surface area contributed by atoms with Crippen LogP contribution in [0.3, 0.4) is 0 Å². The summed E-state index contributed by atoms with van der Waals surface area (Å²) in [6.45, 7) is 4.91. The van der Waals surface area contributed by atoms with E-state index in [9.17, 15) is 9.59 Å². The van der Waals surface area contributed by atoms with Gasteiger partial charge in [0.15, 0.2) is 0 Å². The summed E-state index contributed by atoms with van der Waals surface area (Å²) in [5, 5.41) is 3.21. The van der Waals surface area contributed by atoms with Crippen molar-refractivity contribution in [2.75, 3.05) is 6.54 Å². The Labute approximate surface area is 159 Å². The average Bonchev–Trinajstić information content (AvgIpc) is 3.39. The number of rotatable bonds is 5. The van der Waals surface area contributed by atoms with E-state index in [1.807, 2.05) is 42.7 Å². The van der Waals surface area contributed by atoms with E-state index >= 15 is 0 Å². The molecule has 2 aromatic heterocycles. The summed E-state index contributed by atoms with van der Waals surface area (Å²) in [4.78, 5) is 28.3. The molecular formula is C21H27N3O3. The quantitative estimate of drug-likeness (QED) is 0.878. The van der Waals surface area contributed by atoms with E-state index in [-0.39, 0.29) is 17.9 Å². The molecule has 6 heteroatoms. The Morgan fingerprint density at radius 2 is 2.00 bits per heavy atom. The Hall–Kier alpha value is -2.50. The molecule has 0 spiro atoms. The van der Waals surface area contributed by atoms with Crippen molar-refractivity contribution in [1.82, 2.24) is 14.8 Å². The molecule has 144 valence electrons. The molecule has 1 saturated carbocycles. The fraction of sp³-hybridized carbons (Fsp3) is 0.524. The van der Waals surface area contributed by atoms with Gasteiger partial charge in [0.1, 0.15) is 17.0 Å². The number of carbonyl (C=O) groups is 2. The second-order valence-electron chi connectivity index (χ2n) is 7.85. The van der Waals surface area contributed by atoms with E-state index < -0.39 is 5.54 Å². The topological polar surface area (TPSA) is 67.5 Å². The molecule has 1 aliphatic heterocycles. The van der Waals surface area contributed by atoms with Crippen LogP contribution in [0.2, 0.25) is 0 Å². The summed E-state index contributed by atoms with van der Waals surface area (Å²) >= 11 is 0. The second-order valence-corrected chi connectivity index (χ2v) is 7.85. The molecule has 1 fully saturated rings. The van der Waals surface area contributed by atoms with Crippen LogP contribution in [0.5, 0.6) is 0 Å². The van der Waals surface area contributed by atoms with Gasteiger partial charge in [-0.15, -0.1) is 0 Å². The van der Waals surface area contributed by atoms with E-state index in [0.717, 1.165) is 37.8 Å². The zero-order chi connectivity index (χ0) is 19.0. The Kier molecular flexibility index (Phi) is 4.58. The van der Waals surface area contributed by atoms with Gasteiger partial charge in [-0.25, -0.2) is 0 Å². The highest BCUT2D eigenvalue weighted by Crippen LogP contribution is 2.33. The van der Waals surface area contributed by atoms with Crippen LogP contribution >= 0.6 is 0 Å². The maximum absolute atomic E-state index is 13.3. The van der Waals surface area contributed by atoms with Crippen molar-refractivity contribution >= 4 is 11.8 Å². The average molecular weight is 369 g/mol. The van der Waals surface area contributed by atoms with Crippen LogP contribution in [0, 0.1) is 0 Å². The minimum Gasteiger partial charge on any atom is -0.463 e. The van der Waals surface area contributed by atoms with Gasteiger partial charge in [-0.1, -0.05) is 19.8 Å². The van der Waals surface area contributed by atoms with Crippen LogP contribution < -0.4 is 5.32 Å². The molecular weight excluding hydrogens is 342 g/mol. The summed E-state index contributed by atoms with van der Waals surface area (Å²) in [6.07, 6.45) is 6.79. The molecule has 27 heavy (non-hydrogen) atoms. The minimum absolute atomic E-state index is 0.0547. The molecule has 1 atom stereocenters. The molecule has 6 nitrogen and oxygen atoms in total. The van der Waals surface area contributed by atoms with Crippen molar-refractivity contribution in [2.24, 2.45) is 0 Å². The number of amides is 2. The van der Waals surface area contributed by atoms with Crippen molar-refractivity contribution in [3.63, 3.8) is 0 Å². The lowest BCUT2D eigenvalue weighted by atomic mass is 9.93. The SMILES string of the molecule is CCCN1C(=O)c2ccc(-c3ccco3)n2CC1(C)C(=O)NC1CCCC1. The van der Waals surface area contributed by atoms with Gasteiger partial charge in [-0.05, 0) is 50.5 Å². The summed E-state index contributed by atoms with van der Waals surface area (Å²) in [5.41, 5.74) is 0.531. The fourth-order valence-corrected chi connectivity index (χ4v) is 4.40. The van der Waals surface area contributed by atoms with Crippen molar-refractivity contribution in [3.8, 4) is 11.5 Å². The first-order valence-corrected chi connectivity index (χ1v) is 9.91. The lowest BCUT2D eigenvalue weighted by molar-refractivity contribution is -0.133. The van der Waals surface area contributed by atoms with Crippen LogP contribution in [0.1, 0.15) is 56.4 Å². The van der Waals surface area contributed by atoms with Gasteiger partial charge in [0, 0.05) is 12.6 Å². The summed E-state index contributed by atoms with van der Waals surface area (Å²) in [7, 11) is 0. The van der Waals surface area contributed by atoms with E-state index in [1.54, 1.807) is 11.2 Å². The third-order valence-corrected chi connectivity index (χ3v) is 5.91. The third-order valence-electron chi connectivity index (χ3n) is 5.91. The Morgan fingerprint density at radius 1 is 1.26 bits per heavy atom. The van der Waals surface area contributed by atoms with Gasteiger partial charge in [-0.3, -0.25) is 9.59 Å². The Balaban J connectivity index is 1.71. The Morgan fingerprint density at radius 3 is 2.67 bits per heavy atom. The molecule has 2 aromatic rings. The van der Waals surface area contributed by atoms with Gasteiger partial charge < -0.3 is 19.2 Å². The third kappa shape index (κ3) is 2.97. The maximum atomic E-state index is 13.3. The number of furan rings is 1. The maximum Gasteiger partial charge on any atom is 0.271 e. The van der Waals surface area contributed by atoms with Crippen molar-refractivity contribution in [2.45, 2.75) is 64.1 Å². The van der Waals surface area contributed by atoms with Crippen LogP contribution in [0.25, 0.3) is 11.5 Å². The first kappa shape index (κ1) is 17.9. The number of carbonyl (C=O) groups excluding carboxylic acids is 2. The highest BCUT2D eigenvalue weighted by molar-refractivity contribution is 6.00. The van der Waals surface area contributed by atoms with Crippen molar-refractivity contribution in [1.29, 1.82) is 0 Å². The van der Waals surface area contributed by atoms with Gasteiger partial charge in [-0.2, -0.15) is 0 Å². The zero-order valence-electron chi connectivity index (χ0n) is 16.0. The standard InChI is InChI=1S/C21H27N3O3/c1-3-12-24-19(25)17-11-10-16(18-9-6-13-27-18)23(17)14-21(24,2)20(26)22-15-7-4-5-8-15/h6,9-11,13,15H,3-5,7-8,12,14H2,1-2H3,(H,22,26). The van der Waals surface area contributed by atoms with Crippen molar-refractivity contribution in [3.05, 3.63) is 36.2 Å². The predicted octanol–water partition coefficient (Wildman–Crippen LogP) is 3.43. The first-order valence-electron chi connectivity index (χ1n) is 9.91. The normalized spacial score (nSPS) is 22.9. The number of hydrogen-bond donors (Lipinski definition) is 1. The zero-order valence-corrected chi connectivity index (χ0v) is 16.0. The van der Waals surface area contributed by atoms with Gasteiger partial charge >= 0.3 is 0 Å². The molecule has 2 amide bonds. The molecule has 0 aromatic carbocycles. The largest absolute Gasteiger partial charge is 0.463 e. The Bertz CT molecular complexity index is 833. The molecule has 1 unspecified atom stereocenters. The summed E-state index contributed by atoms with van der Waals surface area (Å²) < 4.78 is 7.48. The lowest BCUT2D eigenvalue weighted by Crippen LogP contribution is -2.64. The highest BCUT2D eigenvalue weighted by Gasteiger charge is 2.48. The fourth-order valence-electron chi connectivity index (χ4n) is 4.40. The molecule has 0 bridgehead atoms. The number of fused-ring (bicyclic) bond motifs is 1. The van der Waals surface area contributed by atoms with E-state index in [4.69, 9.17) is 4.42 Å². The van der Waals surface area contributed by atoms with Crippen LogP contribution in [-0.4, -0.2) is 39.4 Å². The number of nitrogens with zero attached hydrogens (tertiary/aromatic N) is 2. The number of nitrogens with one attached hydrogen (secondary N) is 1. The smallest absolute Gasteiger partial charge is 0.271 e. The monoisotopic (exact) mass is 369 g/mol.